The number of nitrogens with zero attached hydrogens (tertiary/aromatic N) is 3. The molecule has 25 heavy (non-hydrogen) atoms. The van der Waals surface area contributed by atoms with Crippen molar-refractivity contribution in [2.75, 3.05) is 43.1 Å². The molecule has 1 saturated heterocycles. The van der Waals surface area contributed by atoms with Crippen molar-refractivity contribution in [2.24, 2.45) is 0 Å². The molecular formula is C19H22N4O2. The summed E-state index contributed by atoms with van der Waals surface area (Å²) in [6.07, 6.45) is 2.62. The van der Waals surface area contributed by atoms with Crippen molar-refractivity contribution in [2.45, 2.75) is 13.0 Å². The Kier molecular flexibility index (Phi) is 4.52. The number of carbonyl (C=O) groups excluding carboxylic acids is 1. The van der Waals surface area contributed by atoms with Gasteiger partial charge in [-0.1, -0.05) is 24.3 Å². The number of rotatable bonds is 2. The van der Waals surface area contributed by atoms with Gasteiger partial charge in [0, 0.05) is 26.2 Å². The Balaban J connectivity index is 1.38. The first kappa shape index (κ1) is 15.9. The van der Waals surface area contributed by atoms with Crippen molar-refractivity contribution in [3.8, 4) is 0 Å². The molecule has 1 aromatic carbocycles. The van der Waals surface area contributed by atoms with Crippen molar-refractivity contribution in [3.05, 3.63) is 53.7 Å². The van der Waals surface area contributed by atoms with Gasteiger partial charge in [-0.2, -0.15) is 0 Å². The summed E-state index contributed by atoms with van der Waals surface area (Å²) in [5, 5.41) is 2.95. The molecule has 2 amide bonds. The van der Waals surface area contributed by atoms with Crippen LogP contribution in [-0.2, 0) is 17.7 Å². The van der Waals surface area contributed by atoms with E-state index in [0.717, 1.165) is 50.8 Å². The maximum atomic E-state index is 12.5. The third-order valence-electron chi connectivity index (χ3n) is 4.75. The number of urea groups is 1. The lowest BCUT2D eigenvalue weighted by atomic mass is 10.0. The largest absolute Gasteiger partial charge is 0.378 e. The number of amides is 2. The van der Waals surface area contributed by atoms with Gasteiger partial charge in [0.1, 0.15) is 5.82 Å². The van der Waals surface area contributed by atoms with E-state index >= 15 is 0 Å². The van der Waals surface area contributed by atoms with Gasteiger partial charge in [-0.05, 0) is 29.7 Å². The molecule has 0 aliphatic carbocycles. The number of carbonyl (C=O) groups is 1. The van der Waals surface area contributed by atoms with Crippen LogP contribution in [0.2, 0.25) is 0 Å². The third kappa shape index (κ3) is 3.58. The second-order valence-electron chi connectivity index (χ2n) is 6.37. The summed E-state index contributed by atoms with van der Waals surface area (Å²) >= 11 is 0. The molecule has 1 aromatic heterocycles. The van der Waals surface area contributed by atoms with Gasteiger partial charge in [0.25, 0.3) is 0 Å². The first-order valence-electron chi connectivity index (χ1n) is 8.71. The summed E-state index contributed by atoms with van der Waals surface area (Å²) < 4.78 is 5.36. The molecule has 0 saturated carbocycles. The molecular weight excluding hydrogens is 316 g/mol. The Morgan fingerprint density at radius 3 is 2.60 bits per heavy atom. The normalized spacial score (nSPS) is 17.1. The van der Waals surface area contributed by atoms with Crippen molar-refractivity contribution >= 4 is 17.5 Å². The monoisotopic (exact) mass is 338 g/mol. The molecule has 0 atom stereocenters. The quantitative estimate of drug-likeness (QED) is 0.914. The van der Waals surface area contributed by atoms with Crippen LogP contribution in [0.3, 0.4) is 0 Å². The van der Waals surface area contributed by atoms with E-state index in [0.29, 0.717) is 6.54 Å². The van der Waals surface area contributed by atoms with E-state index in [2.05, 4.69) is 33.4 Å². The SMILES string of the molecule is O=C(Nc1ccc(N2CCOCC2)nc1)N1CCc2ccccc2C1. The first-order valence-corrected chi connectivity index (χ1v) is 8.71. The first-order chi connectivity index (χ1) is 12.3. The molecule has 2 aromatic rings. The Morgan fingerprint density at radius 1 is 1.04 bits per heavy atom. The second kappa shape index (κ2) is 7.11. The molecule has 130 valence electrons. The molecule has 0 bridgehead atoms. The summed E-state index contributed by atoms with van der Waals surface area (Å²) in [4.78, 5) is 21.0. The number of benzene rings is 1. The molecule has 6 heteroatoms. The van der Waals surface area contributed by atoms with Crippen LogP contribution < -0.4 is 10.2 Å². The van der Waals surface area contributed by atoms with Gasteiger partial charge < -0.3 is 19.9 Å². The topological polar surface area (TPSA) is 57.7 Å². The van der Waals surface area contributed by atoms with E-state index in [4.69, 9.17) is 4.74 Å². The molecule has 0 unspecified atom stereocenters. The predicted molar refractivity (Wildman–Crippen MR) is 96.8 cm³/mol. The average molecular weight is 338 g/mol. The zero-order valence-corrected chi connectivity index (χ0v) is 14.1. The number of ether oxygens (including phenoxy) is 1. The Morgan fingerprint density at radius 2 is 1.84 bits per heavy atom. The minimum atomic E-state index is -0.0737. The zero-order chi connectivity index (χ0) is 17.1. The summed E-state index contributed by atoms with van der Waals surface area (Å²) in [7, 11) is 0. The van der Waals surface area contributed by atoms with Crippen LogP contribution in [0.4, 0.5) is 16.3 Å². The third-order valence-corrected chi connectivity index (χ3v) is 4.75. The van der Waals surface area contributed by atoms with Crippen LogP contribution in [0.25, 0.3) is 0 Å². The Hall–Kier alpha value is -2.60. The number of anilines is 2. The second-order valence-corrected chi connectivity index (χ2v) is 6.37. The fourth-order valence-electron chi connectivity index (χ4n) is 3.31. The molecule has 0 radical (unpaired) electrons. The molecule has 1 N–H and O–H groups in total. The molecule has 6 nitrogen and oxygen atoms in total. The van der Waals surface area contributed by atoms with E-state index < -0.39 is 0 Å². The molecule has 1 fully saturated rings. The van der Waals surface area contributed by atoms with Crippen molar-refractivity contribution in [3.63, 3.8) is 0 Å². The average Bonchev–Trinajstić information content (AvgIpc) is 2.69. The lowest BCUT2D eigenvalue weighted by molar-refractivity contribution is 0.122. The molecule has 2 aliphatic rings. The molecule has 3 heterocycles. The fraction of sp³-hybridized carbons (Fsp3) is 0.368. The van der Waals surface area contributed by atoms with E-state index in [1.807, 2.05) is 23.1 Å². The maximum absolute atomic E-state index is 12.5. The number of pyridine rings is 1. The van der Waals surface area contributed by atoms with Gasteiger partial charge in [-0.25, -0.2) is 9.78 Å². The molecule has 4 rings (SSSR count). The minimum Gasteiger partial charge on any atom is -0.378 e. The van der Waals surface area contributed by atoms with Crippen LogP contribution in [0, 0.1) is 0 Å². The van der Waals surface area contributed by atoms with E-state index in [1.54, 1.807) is 6.20 Å². The number of hydrogen-bond donors (Lipinski definition) is 1. The van der Waals surface area contributed by atoms with Crippen LogP contribution in [-0.4, -0.2) is 48.8 Å². The minimum absolute atomic E-state index is 0.0737. The number of fused-ring (bicyclic) bond motifs is 1. The Bertz CT molecular complexity index is 741. The highest BCUT2D eigenvalue weighted by atomic mass is 16.5. The van der Waals surface area contributed by atoms with Gasteiger partial charge in [-0.15, -0.1) is 0 Å². The summed E-state index contributed by atoms with van der Waals surface area (Å²) in [6, 6.07) is 12.1. The van der Waals surface area contributed by atoms with Gasteiger partial charge in [0.05, 0.1) is 25.1 Å². The van der Waals surface area contributed by atoms with Gasteiger partial charge in [-0.3, -0.25) is 0 Å². The Labute approximate surface area is 147 Å². The van der Waals surface area contributed by atoms with Crippen LogP contribution in [0.15, 0.2) is 42.6 Å². The van der Waals surface area contributed by atoms with E-state index in [1.165, 1.54) is 11.1 Å². The smallest absolute Gasteiger partial charge is 0.322 e. The highest BCUT2D eigenvalue weighted by Crippen LogP contribution is 2.20. The van der Waals surface area contributed by atoms with Crippen LogP contribution >= 0.6 is 0 Å². The summed E-state index contributed by atoms with van der Waals surface area (Å²) in [6.45, 7) is 4.56. The summed E-state index contributed by atoms with van der Waals surface area (Å²) in [5.74, 6) is 0.924. The van der Waals surface area contributed by atoms with E-state index in [9.17, 15) is 4.79 Å². The highest BCUT2D eigenvalue weighted by molar-refractivity contribution is 5.89. The van der Waals surface area contributed by atoms with Crippen LogP contribution in [0.5, 0.6) is 0 Å². The number of nitrogens with one attached hydrogen (secondary N) is 1. The summed E-state index contributed by atoms with van der Waals surface area (Å²) in [5.41, 5.74) is 3.29. The highest BCUT2D eigenvalue weighted by Gasteiger charge is 2.20. The van der Waals surface area contributed by atoms with Crippen molar-refractivity contribution in [1.82, 2.24) is 9.88 Å². The lowest BCUT2D eigenvalue weighted by Crippen LogP contribution is -2.39. The zero-order valence-electron chi connectivity index (χ0n) is 14.1. The van der Waals surface area contributed by atoms with Crippen LogP contribution in [0.1, 0.15) is 11.1 Å². The number of aromatic nitrogens is 1. The predicted octanol–water partition coefficient (Wildman–Crippen LogP) is 2.51. The van der Waals surface area contributed by atoms with E-state index in [-0.39, 0.29) is 6.03 Å². The van der Waals surface area contributed by atoms with Crippen molar-refractivity contribution in [1.29, 1.82) is 0 Å². The van der Waals surface area contributed by atoms with Crippen molar-refractivity contribution < 1.29 is 9.53 Å². The maximum Gasteiger partial charge on any atom is 0.322 e. The van der Waals surface area contributed by atoms with Gasteiger partial charge in [0.2, 0.25) is 0 Å². The fourth-order valence-corrected chi connectivity index (χ4v) is 3.31. The molecule has 2 aliphatic heterocycles. The number of hydrogen-bond acceptors (Lipinski definition) is 4. The van der Waals surface area contributed by atoms with Gasteiger partial charge in [0.15, 0.2) is 0 Å². The van der Waals surface area contributed by atoms with Gasteiger partial charge >= 0.3 is 6.03 Å². The molecule has 0 spiro atoms. The number of morpholine rings is 1. The lowest BCUT2D eigenvalue weighted by Gasteiger charge is -2.29. The standard InChI is InChI=1S/C19H22N4O2/c24-19(23-8-7-15-3-1-2-4-16(15)14-23)21-17-5-6-18(20-13-17)22-9-11-25-12-10-22/h1-6,13H,7-12,14H2,(H,21,24).